The maximum absolute atomic E-state index is 11.6. The molecule has 0 aliphatic carbocycles. The minimum atomic E-state index is -0.0150. The van der Waals surface area contributed by atoms with E-state index in [9.17, 15) is 4.79 Å². The van der Waals surface area contributed by atoms with Gasteiger partial charge in [0.25, 0.3) is 0 Å². The summed E-state index contributed by atoms with van der Waals surface area (Å²) >= 11 is 0. The number of H-pyrrole nitrogens is 1. The maximum Gasteiger partial charge on any atom is 0.243 e. The SMILES string of the molecule is CCNC(=NCC(=O)N(C)C)NCCc1c[nH]c2ccccc12. The summed E-state index contributed by atoms with van der Waals surface area (Å²) in [7, 11) is 3.46. The fraction of sp³-hybridized carbons (Fsp3) is 0.412. The zero-order chi connectivity index (χ0) is 16.7. The van der Waals surface area contributed by atoms with Crippen LogP contribution in [0.4, 0.5) is 0 Å². The van der Waals surface area contributed by atoms with Crippen molar-refractivity contribution >= 4 is 22.8 Å². The first kappa shape index (κ1) is 16.9. The van der Waals surface area contributed by atoms with Crippen LogP contribution in [0, 0.1) is 0 Å². The van der Waals surface area contributed by atoms with Gasteiger partial charge in [0.05, 0.1) is 0 Å². The highest BCUT2D eigenvalue weighted by molar-refractivity contribution is 5.85. The number of likely N-dealkylation sites (N-methyl/N-ethyl adjacent to an activating group) is 1. The van der Waals surface area contributed by atoms with Crippen LogP contribution in [-0.4, -0.2) is 55.5 Å². The summed E-state index contributed by atoms with van der Waals surface area (Å²) in [5.41, 5.74) is 2.42. The average molecular weight is 315 g/mol. The number of carbonyl (C=O) groups is 1. The highest BCUT2D eigenvalue weighted by Crippen LogP contribution is 2.17. The van der Waals surface area contributed by atoms with Crippen molar-refractivity contribution in [2.75, 3.05) is 33.7 Å². The molecular weight excluding hydrogens is 290 g/mol. The normalized spacial score (nSPS) is 11.5. The van der Waals surface area contributed by atoms with Crippen molar-refractivity contribution in [1.82, 2.24) is 20.5 Å². The number of hydrogen-bond acceptors (Lipinski definition) is 2. The average Bonchev–Trinajstić information content (AvgIpc) is 2.95. The van der Waals surface area contributed by atoms with E-state index in [1.165, 1.54) is 10.9 Å². The summed E-state index contributed by atoms with van der Waals surface area (Å²) in [5, 5.41) is 7.68. The number of benzene rings is 1. The van der Waals surface area contributed by atoms with Gasteiger partial charge in [0.15, 0.2) is 5.96 Å². The van der Waals surface area contributed by atoms with Crippen LogP contribution >= 0.6 is 0 Å². The number of guanidine groups is 1. The van der Waals surface area contributed by atoms with Crippen molar-refractivity contribution in [2.45, 2.75) is 13.3 Å². The van der Waals surface area contributed by atoms with E-state index in [4.69, 9.17) is 0 Å². The predicted molar refractivity (Wildman–Crippen MR) is 94.7 cm³/mol. The molecule has 0 radical (unpaired) electrons. The zero-order valence-corrected chi connectivity index (χ0v) is 14.0. The molecule has 6 nitrogen and oxygen atoms in total. The van der Waals surface area contributed by atoms with E-state index < -0.39 is 0 Å². The zero-order valence-electron chi connectivity index (χ0n) is 14.0. The third-order valence-corrected chi connectivity index (χ3v) is 3.58. The molecule has 0 aliphatic rings. The van der Waals surface area contributed by atoms with E-state index >= 15 is 0 Å². The molecule has 0 aliphatic heterocycles. The van der Waals surface area contributed by atoms with Gasteiger partial charge in [0.1, 0.15) is 6.54 Å². The number of aromatic amines is 1. The van der Waals surface area contributed by atoms with Gasteiger partial charge >= 0.3 is 0 Å². The third-order valence-electron chi connectivity index (χ3n) is 3.58. The lowest BCUT2D eigenvalue weighted by Crippen LogP contribution is -2.39. The van der Waals surface area contributed by atoms with Gasteiger partial charge in [-0.2, -0.15) is 0 Å². The lowest BCUT2D eigenvalue weighted by atomic mass is 10.1. The molecule has 124 valence electrons. The van der Waals surface area contributed by atoms with Gasteiger partial charge in [0.2, 0.25) is 5.91 Å². The number of nitrogens with one attached hydrogen (secondary N) is 3. The summed E-state index contributed by atoms with van der Waals surface area (Å²) in [6.07, 6.45) is 2.93. The van der Waals surface area contributed by atoms with Crippen LogP contribution in [0.5, 0.6) is 0 Å². The number of hydrogen-bond donors (Lipinski definition) is 3. The molecule has 1 amide bonds. The monoisotopic (exact) mass is 315 g/mol. The Morgan fingerprint density at radius 1 is 1.26 bits per heavy atom. The molecule has 0 spiro atoms. The number of carbonyl (C=O) groups excluding carboxylic acids is 1. The number of para-hydroxylation sites is 1. The fourth-order valence-electron chi connectivity index (χ4n) is 2.28. The summed E-state index contributed by atoms with van der Waals surface area (Å²) < 4.78 is 0. The van der Waals surface area contributed by atoms with Gasteiger partial charge in [-0.1, -0.05) is 18.2 Å². The predicted octanol–water partition coefficient (Wildman–Crippen LogP) is 1.35. The lowest BCUT2D eigenvalue weighted by molar-refractivity contribution is -0.127. The van der Waals surface area contributed by atoms with Gasteiger partial charge in [-0.15, -0.1) is 0 Å². The molecule has 0 unspecified atom stereocenters. The first-order valence-electron chi connectivity index (χ1n) is 7.89. The molecule has 0 fully saturated rings. The van der Waals surface area contributed by atoms with Crippen LogP contribution in [0.15, 0.2) is 35.5 Å². The molecule has 1 aromatic heterocycles. The van der Waals surface area contributed by atoms with E-state index in [-0.39, 0.29) is 12.5 Å². The first-order valence-corrected chi connectivity index (χ1v) is 7.89. The van der Waals surface area contributed by atoms with E-state index in [0.29, 0.717) is 5.96 Å². The van der Waals surface area contributed by atoms with E-state index in [2.05, 4.69) is 32.7 Å². The highest BCUT2D eigenvalue weighted by atomic mass is 16.2. The van der Waals surface area contributed by atoms with E-state index in [0.717, 1.165) is 25.0 Å². The molecule has 2 aromatic rings. The summed E-state index contributed by atoms with van der Waals surface area (Å²) in [5.74, 6) is 0.654. The van der Waals surface area contributed by atoms with Crippen molar-refractivity contribution in [3.8, 4) is 0 Å². The van der Waals surface area contributed by atoms with Crippen LogP contribution < -0.4 is 10.6 Å². The van der Waals surface area contributed by atoms with Gasteiger partial charge in [-0.05, 0) is 25.0 Å². The molecule has 3 N–H and O–H groups in total. The minimum Gasteiger partial charge on any atom is -0.361 e. The fourth-order valence-corrected chi connectivity index (χ4v) is 2.28. The first-order chi connectivity index (χ1) is 11.1. The second kappa shape index (κ2) is 8.22. The molecule has 1 heterocycles. The standard InChI is InChI=1S/C17H25N5O/c1-4-18-17(21-12-16(23)22(2)3)19-10-9-13-11-20-15-8-6-5-7-14(13)15/h5-8,11,20H,4,9-10,12H2,1-3H3,(H2,18,19,21). The Kier molecular flexibility index (Phi) is 6.02. The second-order valence-corrected chi connectivity index (χ2v) is 5.52. The largest absolute Gasteiger partial charge is 0.361 e. The van der Waals surface area contributed by atoms with Crippen molar-refractivity contribution in [2.24, 2.45) is 4.99 Å². The van der Waals surface area contributed by atoms with E-state index in [1.54, 1.807) is 19.0 Å². The smallest absolute Gasteiger partial charge is 0.243 e. The Morgan fingerprint density at radius 2 is 2.04 bits per heavy atom. The Labute approximate surface area is 137 Å². The molecule has 23 heavy (non-hydrogen) atoms. The molecule has 0 saturated heterocycles. The number of aliphatic imine (C=N–C) groups is 1. The Bertz CT molecular complexity index is 674. The van der Waals surface area contributed by atoms with Crippen LogP contribution in [0.25, 0.3) is 10.9 Å². The van der Waals surface area contributed by atoms with Gasteiger partial charge in [0, 0.05) is 44.3 Å². The second-order valence-electron chi connectivity index (χ2n) is 5.52. The van der Waals surface area contributed by atoms with Crippen LogP contribution in [0.2, 0.25) is 0 Å². The molecule has 0 atom stereocenters. The van der Waals surface area contributed by atoms with Gasteiger partial charge < -0.3 is 20.5 Å². The minimum absolute atomic E-state index is 0.0150. The molecule has 2 rings (SSSR count). The van der Waals surface area contributed by atoms with Crippen molar-refractivity contribution in [1.29, 1.82) is 0 Å². The number of fused-ring (bicyclic) bond motifs is 1. The Morgan fingerprint density at radius 3 is 2.78 bits per heavy atom. The molecule has 0 saturated carbocycles. The molecular formula is C17H25N5O. The molecule has 1 aromatic carbocycles. The Balaban J connectivity index is 1.91. The van der Waals surface area contributed by atoms with Gasteiger partial charge in [-0.3, -0.25) is 4.79 Å². The summed E-state index contributed by atoms with van der Waals surface area (Å²) in [6.45, 7) is 3.67. The van der Waals surface area contributed by atoms with Gasteiger partial charge in [-0.25, -0.2) is 4.99 Å². The topological polar surface area (TPSA) is 72.5 Å². The maximum atomic E-state index is 11.6. The number of nitrogens with zero attached hydrogens (tertiary/aromatic N) is 2. The van der Waals surface area contributed by atoms with Crippen LogP contribution in [0.3, 0.4) is 0 Å². The quantitative estimate of drug-likeness (QED) is 0.556. The van der Waals surface area contributed by atoms with Crippen molar-refractivity contribution < 1.29 is 4.79 Å². The summed E-state index contributed by atoms with van der Waals surface area (Å²) in [4.78, 5) is 20.7. The third kappa shape index (κ3) is 4.74. The van der Waals surface area contributed by atoms with Crippen molar-refractivity contribution in [3.05, 3.63) is 36.0 Å². The number of rotatable bonds is 6. The summed E-state index contributed by atoms with van der Waals surface area (Å²) in [6, 6.07) is 8.27. The Hall–Kier alpha value is -2.50. The number of aromatic nitrogens is 1. The molecule has 6 heteroatoms. The van der Waals surface area contributed by atoms with E-state index in [1.807, 2.05) is 25.3 Å². The van der Waals surface area contributed by atoms with Crippen LogP contribution in [-0.2, 0) is 11.2 Å². The highest BCUT2D eigenvalue weighted by Gasteiger charge is 2.05. The lowest BCUT2D eigenvalue weighted by Gasteiger charge is -2.12. The number of amides is 1. The van der Waals surface area contributed by atoms with Crippen LogP contribution in [0.1, 0.15) is 12.5 Å². The molecule has 0 bridgehead atoms. The van der Waals surface area contributed by atoms with Crippen molar-refractivity contribution in [3.63, 3.8) is 0 Å².